The fourth-order valence-corrected chi connectivity index (χ4v) is 4.54. The summed E-state index contributed by atoms with van der Waals surface area (Å²) in [6.45, 7) is 0.743. The van der Waals surface area contributed by atoms with Crippen LogP contribution in [0.3, 0.4) is 0 Å². The number of alkyl halides is 3. The Balaban J connectivity index is 1.94. The molecule has 4 rings (SSSR count). The number of hydrogen-bond acceptors (Lipinski definition) is 7. The van der Waals surface area contributed by atoms with E-state index >= 15 is 0 Å². The van der Waals surface area contributed by atoms with Crippen LogP contribution < -0.4 is 20.9 Å². The molecule has 0 bridgehead atoms. The molecule has 3 aromatic carbocycles. The number of Topliss-reactive ketones (excluding diaryl/α,β-unsaturated/α-hetero) is 1. The molecule has 4 aromatic rings. The van der Waals surface area contributed by atoms with Crippen molar-refractivity contribution in [2.45, 2.75) is 31.8 Å². The number of nitrogens with one attached hydrogen (secondary N) is 2. The maximum absolute atomic E-state index is 14.4. The van der Waals surface area contributed by atoms with Gasteiger partial charge in [0, 0.05) is 18.9 Å². The second kappa shape index (κ2) is 13.2. The third-order valence-electron chi connectivity index (χ3n) is 6.46. The number of halogens is 3. The predicted octanol–water partition coefficient (Wildman–Crippen LogP) is 4.83. The maximum atomic E-state index is 14.4. The molecule has 228 valence electrons. The lowest BCUT2D eigenvalue weighted by molar-refractivity contribution is -0.183. The van der Waals surface area contributed by atoms with Crippen molar-refractivity contribution in [1.29, 1.82) is 0 Å². The second-order valence-corrected chi connectivity index (χ2v) is 9.58. The number of aromatic nitrogens is 2. The van der Waals surface area contributed by atoms with Gasteiger partial charge in [0.2, 0.25) is 5.91 Å². The molecule has 0 spiro atoms. The smallest absolute Gasteiger partial charge is 0.454 e. The van der Waals surface area contributed by atoms with Crippen LogP contribution in [0.2, 0.25) is 0 Å². The highest BCUT2D eigenvalue weighted by molar-refractivity contribution is 5.95. The molecule has 0 aliphatic rings. The number of amides is 2. The topological polar surface area (TPSA) is 129 Å². The molecule has 0 saturated heterocycles. The van der Waals surface area contributed by atoms with E-state index in [1.54, 1.807) is 36.4 Å². The number of ether oxygens (including phenoxy) is 2. The summed E-state index contributed by atoms with van der Waals surface area (Å²) in [5, 5.41) is 4.31. The van der Waals surface area contributed by atoms with Crippen LogP contribution in [0.4, 0.5) is 23.7 Å². The number of rotatable bonds is 10. The number of benzene rings is 3. The Morgan fingerprint density at radius 2 is 1.48 bits per heavy atom. The van der Waals surface area contributed by atoms with Gasteiger partial charge in [-0.25, -0.2) is 9.78 Å². The minimum absolute atomic E-state index is 0.110. The predicted molar refractivity (Wildman–Crippen MR) is 154 cm³/mol. The molecular weight excluding hydrogens is 581 g/mol. The minimum atomic E-state index is -5.52. The van der Waals surface area contributed by atoms with Crippen molar-refractivity contribution in [2.24, 2.45) is 0 Å². The minimum Gasteiger partial charge on any atom is -0.497 e. The summed E-state index contributed by atoms with van der Waals surface area (Å²) >= 11 is 0. The van der Waals surface area contributed by atoms with E-state index in [9.17, 15) is 32.3 Å². The summed E-state index contributed by atoms with van der Waals surface area (Å²) in [5.41, 5.74) is -3.98. The first kappa shape index (κ1) is 31.5. The van der Waals surface area contributed by atoms with Crippen molar-refractivity contribution in [3.63, 3.8) is 0 Å². The molecule has 2 N–H and O–H groups in total. The number of nitrogens with zero attached hydrogens (tertiary/aromatic N) is 2. The molecule has 10 nitrogen and oxygen atoms in total. The molecule has 1 atom stereocenters. The van der Waals surface area contributed by atoms with Crippen molar-refractivity contribution < 1.29 is 37.0 Å². The molecule has 1 heterocycles. The van der Waals surface area contributed by atoms with E-state index in [1.807, 2.05) is 0 Å². The normalized spacial score (nSPS) is 12.5. The summed E-state index contributed by atoms with van der Waals surface area (Å²) in [6.07, 6.45) is -6.49. The molecular formula is C31H27F3N4O6. The zero-order chi connectivity index (χ0) is 31.9. The average Bonchev–Trinajstić information content (AvgIpc) is 3.00. The van der Waals surface area contributed by atoms with Gasteiger partial charge in [0.05, 0.1) is 13.3 Å². The fourth-order valence-electron chi connectivity index (χ4n) is 4.54. The molecule has 0 aliphatic heterocycles. The zero-order valence-corrected chi connectivity index (χ0v) is 23.6. The molecule has 1 aromatic heterocycles. The van der Waals surface area contributed by atoms with E-state index < -0.39 is 53.1 Å². The molecule has 0 saturated carbocycles. The van der Waals surface area contributed by atoms with Gasteiger partial charge in [0.25, 0.3) is 11.3 Å². The molecule has 2 amide bonds. The van der Waals surface area contributed by atoms with E-state index in [0.717, 1.165) is 13.1 Å². The summed E-state index contributed by atoms with van der Waals surface area (Å²) < 4.78 is 53.9. The monoisotopic (exact) mass is 608 g/mol. The number of carbonyl (C=O) groups is 3. The Morgan fingerprint density at radius 1 is 0.886 bits per heavy atom. The highest BCUT2D eigenvalue weighted by Gasteiger charge is 2.56. The van der Waals surface area contributed by atoms with Crippen LogP contribution in [-0.2, 0) is 33.0 Å². The Hall–Kier alpha value is -5.46. The maximum Gasteiger partial charge on any atom is 0.454 e. The zero-order valence-electron chi connectivity index (χ0n) is 23.6. The molecule has 13 heteroatoms. The fraction of sp³-hybridized carbons (Fsp3) is 0.194. The Kier molecular flexibility index (Phi) is 9.47. The van der Waals surface area contributed by atoms with E-state index in [2.05, 4.69) is 15.6 Å². The summed E-state index contributed by atoms with van der Waals surface area (Å²) in [5.74, 6) is -3.48. The molecule has 44 heavy (non-hydrogen) atoms. The first-order valence-electron chi connectivity index (χ1n) is 13.1. The van der Waals surface area contributed by atoms with E-state index in [4.69, 9.17) is 9.47 Å². The van der Waals surface area contributed by atoms with Crippen molar-refractivity contribution in [3.05, 3.63) is 113 Å². The van der Waals surface area contributed by atoms with Crippen molar-refractivity contribution in [3.8, 4) is 17.1 Å². The van der Waals surface area contributed by atoms with Crippen LogP contribution in [0.25, 0.3) is 11.4 Å². The largest absolute Gasteiger partial charge is 0.497 e. The Morgan fingerprint density at radius 3 is 2.02 bits per heavy atom. The summed E-state index contributed by atoms with van der Waals surface area (Å²) in [7, 11) is 1.41. The summed E-state index contributed by atoms with van der Waals surface area (Å²) in [4.78, 5) is 56.8. The van der Waals surface area contributed by atoms with Gasteiger partial charge in [-0.15, -0.1) is 0 Å². The number of carbonyl (C=O) groups excluding carboxylic acids is 3. The second-order valence-electron chi connectivity index (χ2n) is 9.58. The van der Waals surface area contributed by atoms with Crippen molar-refractivity contribution >= 4 is 23.5 Å². The molecule has 1 unspecified atom stereocenters. The number of hydrogen-bond donors (Lipinski definition) is 2. The highest BCUT2D eigenvalue weighted by atomic mass is 19.4. The van der Waals surface area contributed by atoms with E-state index in [0.29, 0.717) is 15.9 Å². The highest BCUT2D eigenvalue weighted by Crippen LogP contribution is 2.33. The number of methoxy groups -OCH3 is 1. The van der Waals surface area contributed by atoms with Gasteiger partial charge >= 0.3 is 12.3 Å². The Bertz CT molecular complexity index is 1690. The molecule has 0 aliphatic carbocycles. The Labute approximate surface area is 249 Å². The molecule has 0 radical (unpaired) electrons. The van der Waals surface area contributed by atoms with Gasteiger partial charge in [-0.05, 0) is 35.4 Å². The lowest BCUT2D eigenvalue weighted by Gasteiger charge is -2.37. The van der Waals surface area contributed by atoms with Gasteiger partial charge in [0.15, 0.2) is 5.66 Å². The van der Waals surface area contributed by atoms with Crippen LogP contribution in [0, 0.1) is 0 Å². The van der Waals surface area contributed by atoms with Crippen molar-refractivity contribution in [2.75, 3.05) is 12.4 Å². The summed E-state index contributed by atoms with van der Waals surface area (Å²) in [6, 6.07) is 21.9. The van der Waals surface area contributed by atoms with Gasteiger partial charge in [-0.3, -0.25) is 24.3 Å². The van der Waals surface area contributed by atoms with E-state index in [-0.39, 0.29) is 17.7 Å². The lowest BCUT2D eigenvalue weighted by Crippen LogP contribution is -2.64. The third-order valence-corrected chi connectivity index (χ3v) is 6.46. The third kappa shape index (κ3) is 7.12. The van der Waals surface area contributed by atoms with Gasteiger partial charge in [-0.1, -0.05) is 60.7 Å². The lowest BCUT2D eigenvalue weighted by atomic mass is 9.92. The van der Waals surface area contributed by atoms with Gasteiger partial charge in [-0.2, -0.15) is 13.2 Å². The molecule has 0 fully saturated rings. The van der Waals surface area contributed by atoms with Crippen LogP contribution in [0.5, 0.6) is 5.75 Å². The van der Waals surface area contributed by atoms with E-state index in [1.165, 1.54) is 55.6 Å². The van der Waals surface area contributed by atoms with Crippen LogP contribution in [-0.4, -0.2) is 40.6 Å². The van der Waals surface area contributed by atoms with Crippen LogP contribution >= 0.6 is 0 Å². The van der Waals surface area contributed by atoms with Gasteiger partial charge < -0.3 is 14.8 Å². The first-order chi connectivity index (χ1) is 20.9. The standard InChI is InChI=1S/C31H27F3N4O6/c1-20(39)37-30(28(41)31(32,33)34,17-21-9-5-3-6-10-21)38-26(23-13-15-24(43-2)16-14-23)35-18-25(27(38)40)36-29(42)44-19-22-11-7-4-8-12-22/h3-16,18H,17,19H2,1-2H3,(H,36,42)(H,37,39). The number of ketones is 1. The average molecular weight is 609 g/mol. The first-order valence-corrected chi connectivity index (χ1v) is 13.1. The van der Waals surface area contributed by atoms with Gasteiger partial charge in [0.1, 0.15) is 23.9 Å². The van der Waals surface area contributed by atoms with Crippen molar-refractivity contribution in [1.82, 2.24) is 14.9 Å². The number of anilines is 1. The SMILES string of the molecule is COc1ccc(-c2ncc(NC(=O)OCc3ccccc3)c(=O)n2C(Cc2ccccc2)(NC(C)=O)C(=O)C(F)(F)F)cc1. The van der Waals surface area contributed by atoms with Crippen LogP contribution in [0.15, 0.2) is 95.9 Å². The van der Waals surface area contributed by atoms with Crippen LogP contribution in [0.1, 0.15) is 18.1 Å². The quantitative estimate of drug-likeness (QED) is 0.264.